The Morgan fingerprint density at radius 3 is 2.82 bits per heavy atom. The van der Waals surface area contributed by atoms with Crippen molar-refractivity contribution in [1.82, 2.24) is 23.6 Å². The molecule has 0 aliphatic carbocycles. The van der Waals surface area contributed by atoms with Crippen LogP contribution in [0.15, 0.2) is 41.7 Å². The van der Waals surface area contributed by atoms with Gasteiger partial charge in [0.1, 0.15) is 0 Å². The van der Waals surface area contributed by atoms with E-state index >= 15 is 0 Å². The largest absolute Gasteiger partial charge is 0.337 e. The van der Waals surface area contributed by atoms with E-state index in [2.05, 4.69) is 14.9 Å². The highest BCUT2D eigenvalue weighted by molar-refractivity contribution is 5.92. The minimum absolute atomic E-state index is 0.0735. The number of hydrogen-bond donors (Lipinski definition) is 1. The quantitative estimate of drug-likeness (QED) is 0.753. The number of nitrogens with zero attached hydrogens (tertiary/aromatic N) is 5. The van der Waals surface area contributed by atoms with E-state index < -0.39 is 0 Å². The number of aromatic nitrogens is 4. The van der Waals surface area contributed by atoms with Crippen molar-refractivity contribution in [3.05, 3.63) is 47.4 Å². The van der Waals surface area contributed by atoms with Gasteiger partial charge in [0.05, 0.1) is 17.4 Å². The lowest BCUT2D eigenvalue weighted by Crippen LogP contribution is -2.46. The lowest BCUT2D eigenvalue weighted by molar-refractivity contribution is 0.155. The van der Waals surface area contributed by atoms with Crippen LogP contribution < -0.4 is 11.0 Å². The Kier molecular flexibility index (Phi) is 4.93. The lowest BCUT2D eigenvalue weighted by Gasteiger charge is -2.36. The Bertz CT molecular complexity index is 1030. The van der Waals surface area contributed by atoms with E-state index in [9.17, 15) is 9.59 Å². The molecule has 4 rings (SSSR count). The second kappa shape index (κ2) is 7.53. The van der Waals surface area contributed by atoms with Gasteiger partial charge < -0.3 is 14.8 Å². The number of aryl methyl sites for hydroxylation is 3. The first-order valence-electron chi connectivity index (χ1n) is 9.73. The number of carbonyl (C=O) groups is 1. The van der Waals surface area contributed by atoms with E-state index in [-0.39, 0.29) is 17.8 Å². The molecule has 2 aromatic heterocycles. The summed E-state index contributed by atoms with van der Waals surface area (Å²) >= 11 is 0. The summed E-state index contributed by atoms with van der Waals surface area (Å²) in [6.45, 7) is 1.62. The lowest BCUT2D eigenvalue weighted by atomic mass is 9.99. The molecule has 1 fully saturated rings. The number of rotatable bonds is 4. The zero-order valence-electron chi connectivity index (χ0n) is 16.3. The maximum absolute atomic E-state index is 13.0. The molecule has 3 aromatic rings. The molecule has 0 spiro atoms. The van der Waals surface area contributed by atoms with Crippen molar-refractivity contribution in [1.29, 1.82) is 0 Å². The van der Waals surface area contributed by atoms with Crippen molar-refractivity contribution in [2.75, 3.05) is 11.9 Å². The van der Waals surface area contributed by atoms with Gasteiger partial charge in [-0.3, -0.25) is 9.13 Å². The molecular formula is C20H26N6O2. The molecule has 1 aromatic carbocycles. The summed E-state index contributed by atoms with van der Waals surface area (Å²) in [6.07, 6.45) is 9.65. The zero-order chi connectivity index (χ0) is 19.7. The van der Waals surface area contributed by atoms with E-state index in [0.29, 0.717) is 5.69 Å². The number of carbonyl (C=O) groups excluding carboxylic acids is 1. The molecule has 1 saturated heterocycles. The summed E-state index contributed by atoms with van der Waals surface area (Å²) in [5.74, 6) is 0. The molecule has 0 bridgehead atoms. The van der Waals surface area contributed by atoms with Crippen molar-refractivity contribution in [3.8, 4) is 0 Å². The minimum Gasteiger partial charge on any atom is -0.337 e. The van der Waals surface area contributed by atoms with Gasteiger partial charge in [0.2, 0.25) is 0 Å². The first kappa shape index (κ1) is 18.3. The highest BCUT2D eigenvalue weighted by atomic mass is 16.2. The predicted octanol–water partition coefficient (Wildman–Crippen LogP) is 2.55. The van der Waals surface area contributed by atoms with Crippen molar-refractivity contribution in [2.45, 2.75) is 38.3 Å². The summed E-state index contributed by atoms with van der Waals surface area (Å²) in [5.41, 5.74) is 2.29. The molecule has 28 heavy (non-hydrogen) atoms. The van der Waals surface area contributed by atoms with Crippen LogP contribution in [-0.4, -0.2) is 42.2 Å². The van der Waals surface area contributed by atoms with Crippen LogP contribution in [0.2, 0.25) is 0 Å². The molecule has 2 amide bonds. The van der Waals surface area contributed by atoms with Gasteiger partial charge in [-0.25, -0.2) is 14.6 Å². The second-order valence-electron chi connectivity index (χ2n) is 7.47. The molecule has 8 heteroatoms. The number of urea groups is 1. The maximum Gasteiger partial charge on any atom is 0.328 e. The Morgan fingerprint density at radius 2 is 2.04 bits per heavy atom. The number of amides is 2. The van der Waals surface area contributed by atoms with Crippen LogP contribution in [0.4, 0.5) is 10.5 Å². The number of nitrogens with one attached hydrogen (secondary N) is 1. The number of hydrogen-bond acceptors (Lipinski definition) is 3. The molecule has 148 valence electrons. The number of fused-ring (bicyclic) bond motifs is 1. The molecule has 0 radical (unpaired) electrons. The zero-order valence-corrected chi connectivity index (χ0v) is 16.3. The molecule has 1 aliphatic heterocycles. The van der Waals surface area contributed by atoms with Gasteiger partial charge in [-0.15, -0.1) is 0 Å². The van der Waals surface area contributed by atoms with Gasteiger partial charge in [0.25, 0.3) is 0 Å². The third-order valence-corrected chi connectivity index (χ3v) is 5.69. The normalized spacial score (nSPS) is 17.2. The van der Waals surface area contributed by atoms with Gasteiger partial charge in [-0.05, 0) is 43.9 Å². The number of likely N-dealkylation sites (tertiary alicyclic amines) is 1. The molecule has 1 aliphatic rings. The molecule has 1 atom stereocenters. The number of imidazole rings is 2. The molecule has 0 saturated carbocycles. The van der Waals surface area contributed by atoms with Crippen molar-refractivity contribution < 1.29 is 4.79 Å². The van der Waals surface area contributed by atoms with Crippen LogP contribution >= 0.6 is 0 Å². The summed E-state index contributed by atoms with van der Waals surface area (Å²) in [6, 6.07) is 5.74. The van der Waals surface area contributed by atoms with Crippen LogP contribution in [-0.2, 0) is 20.6 Å². The highest BCUT2D eigenvalue weighted by Crippen LogP contribution is 2.23. The first-order chi connectivity index (χ1) is 13.5. The third-order valence-electron chi connectivity index (χ3n) is 5.69. The summed E-state index contributed by atoms with van der Waals surface area (Å²) < 4.78 is 5.26. The maximum atomic E-state index is 13.0. The average molecular weight is 382 g/mol. The SMILES string of the molecule is Cn1c(=O)n(C)c2cc(NC(=O)N3CCCC[C@@H]3CCn3ccnc3)ccc21. The summed E-state index contributed by atoms with van der Waals surface area (Å²) in [5, 5.41) is 3.03. The number of anilines is 1. The minimum atomic E-state index is -0.0749. The Hall–Kier alpha value is -3.03. The topological polar surface area (TPSA) is 77.1 Å². The van der Waals surface area contributed by atoms with E-state index in [0.717, 1.165) is 49.8 Å². The van der Waals surface area contributed by atoms with Gasteiger partial charge in [-0.1, -0.05) is 0 Å². The molecular weight excluding hydrogens is 356 g/mol. The first-order valence-corrected chi connectivity index (χ1v) is 9.73. The van der Waals surface area contributed by atoms with Gasteiger partial charge in [-0.2, -0.15) is 0 Å². The predicted molar refractivity (Wildman–Crippen MR) is 108 cm³/mol. The Balaban J connectivity index is 1.48. The van der Waals surface area contributed by atoms with Crippen LogP contribution in [0.5, 0.6) is 0 Å². The van der Waals surface area contributed by atoms with E-state index in [4.69, 9.17) is 0 Å². The van der Waals surface area contributed by atoms with E-state index in [1.165, 1.54) is 0 Å². The van der Waals surface area contributed by atoms with Crippen LogP contribution in [0.25, 0.3) is 11.0 Å². The van der Waals surface area contributed by atoms with Crippen LogP contribution in [0.1, 0.15) is 25.7 Å². The van der Waals surface area contributed by atoms with Crippen molar-refractivity contribution in [2.24, 2.45) is 14.1 Å². The van der Waals surface area contributed by atoms with Gasteiger partial charge in [0.15, 0.2) is 0 Å². The smallest absolute Gasteiger partial charge is 0.328 e. The fourth-order valence-electron chi connectivity index (χ4n) is 4.06. The fourth-order valence-corrected chi connectivity index (χ4v) is 4.06. The highest BCUT2D eigenvalue weighted by Gasteiger charge is 2.26. The Labute approximate surface area is 163 Å². The molecule has 0 unspecified atom stereocenters. The number of benzene rings is 1. The van der Waals surface area contributed by atoms with Crippen LogP contribution in [0, 0.1) is 0 Å². The second-order valence-corrected chi connectivity index (χ2v) is 7.47. The molecule has 3 heterocycles. The average Bonchev–Trinajstić information content (AvgIpc) is 3.30. The number of piperidine rings is 1. The van der Waals surface area contributed by atoms with Crippen LogP contribution in [0.3, 0.4) is 0 Å². The van der Waals surface area contributed by atoms with Crippen molar-refractivity contribution >= 4 is 22.8 Å². The van der Waals surface area contributed by atoms with E-state index in [1.807, 2.05) is 35.6 Å². The monoisotopic (exact) mass is 382 g/mol. The summed E-state index contributed by atoms with van der Waals surface area (Å²) in [7, 11) is 3.49. The van der Waals surface area contributed by atoms with Gasteiger partial charge in [0, 0.05) is 51.3 Å². The standard InChI is InChI=1S/C20H26N6O2/c1-23-17-7-6-15(13-18(17)24(2)20(23)28)22-19(27)26-10-4-3-5-16(26)8-11-25-12-9-21-14-25/h6-7,9,12-14,16H,3-5,8,10-11H2,1-2H3,(H,22,27)/t16-/m1/s1. The Morgan fingerprint density at radius 1 is 1.21 bits per heavy atom. The van der Waals surface area contributed by atoms with Crippen molar-refractivity contribution in [3.63, 3.8) is 0 Å². The fraction of sp³-hybridized carbons (Fsp3) is 0.450. The van der Waals surface area contributed by atoms with E-state index in [1.54, 1.807) is 29.4 Å². The molecule has 8 nitrogen and oxygen atoms in total. The summed E-state index contributed by atoms with van der Waals surface area (Å²) in [4.78, 5) is 31.1. The molecule has 1 N–H and O–H groups in total. The van der Waals surface area contributed by atoms with Gasteiger partial charge >= 0.3 is 11.7 Å². The third kappa shape index (κ3) is 3.42.